The van der Waals surface area contributed by atoms with Crippen molar-refractivity contribution in [2.75, 3.05) is 18.5 Å². The quantitative estimate of drug-likeness (QED) is 0.805. The lowest BCUT2D eigenvalue weighted by Gasteiger charge is -2.16. The van der Waals surface area contributed by atoms with Crippen LogP contribution in [0.2, 0.25) is 0 Å². The van der Waals surface area contributed by atoms with E-state index in [1.807, 2.05) is 31.2 Å². The van der Waals surface area contributed by atoms with Crippen LogP contribution >= 0.6 is 0 Å². The number of benzene rings is 1. The van der Waals surface area contributed by atoms with Gasteiger partial charge in [-0.2, -0.15) is 0 Å². The second kappa shape index (κ2) is 7.32. The second-order valence-corrected chi connectivity index (χ2v) is 5.73. The predicted octanol–water partition coefficient (Wildman–Crippen LogP) is 3.64. The minimum absolute atomic E-state index is 0.159. The molecule has 0 heterocycles. The number of hydrogen-bond donors (Lipinski definition) is 1. The van der Waals surface area contributed by atoms with Crippen molar-refractivity contribution in [2.45, 2.75) is 39.5 Å². The van der Waals surface area contributed by atoms with Gasteiger partial charge in [-0.25, -0.2) is 0 Å². The number of rotatable bonds is 6. The van der Waals surface area contributed by atoms with Gasteiger partial charge < -0.3 is 10.1 Å². The molecule has 1 N–H and O–H groups in total. The summed E-state index contributed by atoms with van der Waals surface area (Å²) in [5, 5.41) is 3.51. The van der Waals surface area contributed by atoms with Crippen molar-refractivity contribution in [1.29, 1.82) is 0 Å². The van der Waals surface area contributed by atoms with Gasteiger partial charge in [-0.15, -0.1) is 0 Å². The highest BCUT2D eigenvalue weighted by molar-refractivity contribution is 5.72. The lowest BCUT2D eigenvalue weighted by Crippen LogP contribution is -2.16. The SMILES string of the molecule is CCOC(=O)Cc1ccc(NCC2CCCC2C)cc1. The molecule has 0 spiro atoms. The molecule has 0 radical (unpaired) electrons. The van der Waals surface area contributed by atoms with Crippen LogP contribution in [-0.2, 0) is 16.0 Å². The third-order valence-corrected chi connectivity index (χ3v) is 4.22. The number of esters is 1. The summed E-state index contributed by atoms with van der Waals surface area (Å²) >= 11 is 0. The van der Waals surface area contributed by atoms with E-state index < -0.39 is 0 Å². The molecular weight excluding hydrogens is 250 g/mol. The summed E-state index contributed by atoms with van der Waals surface area (Å²) < 4.78 is 4.95. The standard InChI is InChI=1S/C17H25NO2/c1-3-20-17(19)11-14-7-9-16(10-8-14)18-12-15-6-4-5-13(15)2/h7-10,13,15,18H,3-6,11-12H2,1-2H3. The molecule has 20 heavy (non-hydrogen) atoms. The fourth-order valence-corrected chi connectivity index (χ4v) is 2.89. The molecule has 0 bridgehead atoms. The smallest absolute Gasteiger partial charge is 0.310 e. The van der Waals surface area contributed by atoms with Crippen LogP contribution in [0, 0.1) is 11.8 Å². The van der Waals surface area contributed by atoms with Gasteiger partial charge in [0.15, 0.2) is 0 Å². The van der Waals surface area contributed by atoms with Crippen molar-refractivity contribution < 1.29 is 9.53 Å². The van der Waals surface area contributed by atoms with Gasteiger partial charge in [0.1, 0.15) is 0 Å². The zero-order valence-corrected chi connectivity index (χ0v) is 12.5. The molecule has 1 fully saturated rings. The highest BCUT2D eigenvalue weighted by Crippen LogP contribution is 2.31. The van der Waals surface area contributed by atoms with E-state index in [0.29, 0.717) is 13.0 Å². The first-order valence-electron chi connectivity index (χ1n) is 7.67. The Morgan fingerprint density at radius 1 is 1.30 bits per heavy atom. The predicted molar refractivity (Wildman–Crippen MR) is 81.8 cm³/mol. The number of nitrogens with one attached hydrogen (secondary N) is 1. The van der Waals surface area contributed by atoms with Crippen molar-refractivity contribution >= 4 is 11.7 Å². The molecule has 1 aliphatic carbocycles. The van der Waals surface area contributed by atoms with Gasteiger partial charge in [-0.05, 0) is 42.9 Å². The summed E-state index contributed by atoms with van der Waals surface area (Å²) in [6.45, 7) is 5.67. The average molecular weight is 275 g/mol. The van der Waals surface area contributed by atoms with Gasteiger partial charge in [0.2, 0.25) is 0 Å². The van der Waals surface area contributed by atoms with Crippen molar-refractivity contribution in [3.05, 3.63) is 29.8 Å². The minimum atomic E-state index is -0.159. The molecule has 0 aliphatic heterocycles. The Morgan fingerprint density at radius 3 is 2.65 bits per heavy atom. The number of hydrogen-bond acceptors (Lipinski definition) is 3. The van der Waals surface area contributed by atoms with E-state index in [4.69, 9.17) is 4.74 Å². The summed E-state index contributed by atoms with van der Waals surface area (Å²) in [5.74, 6) is 1.48. The molecule has 2 unspecified atom stereocenters. The molecule has 110 valence electrons. The first kappa shape index (κ1) is 14.9. The zero-order chi connectivity index (χ0) is 14.4. The molecule has 1 aromatic carbocycles. The van der Waals surface area contributed by atoms with Gasteiger partial charge in [0.05, 0.1) is 13.0 Å². The Balaban J connectivity index is 1.80. The Hall–Kier alpha value is -1.51. The van der Waals surface area contributed by atoms with E-state index in [9.17, 15) is 4.79 Å². The highest BCUT2D eigenvalue weighted by atomic mass is 16.5. The Labute approximate surface area is 121 Å². The van der Waals surface area contributed by atoms with Crippen LogP contribution in [0.25, 0.3) is 0 Å². The number of carbonyl (C=O) groups is 1. The normalized spacial score (nSPS) is 21.7. The van der Waals surface area contributed by atoms with E-state index in [1.54, 1.807) is 0 Å². The highest BCUT2D eigenvalue weighted by Gasteiger charge is 2.22. The number of ether oxygens (including phenoxy) is 1. The lowest BCUT2D eigenvalue weighted by atomic mass is 9.98. The Kier molecular flexibility index (Phi) is 5.45. The summed E-state index contributed by atoms with van der Waals surface area (Å²) in [7, 11) is 0. The number of carbonyl (C=O) groups excluding carboxylic acids is 1. The average Bonchev–Trinajstić information content (AvgIpc) is 2.84. The van der Waals surface area contributed by atoms with Gasteiger partial charge in [-0.1, -0.05) is 31.9 Å². The van der Waals surface area contributed by atoms with Gasteiger partial charge in [-0.3, -0.25) is 4.79 Å². The maximum absolute atomic E-state index is 11.4. The first-order chi connectivity index (χ1) is 9.69. The summed E-state index contributed by atoms with van der Waals surface area (Å²) in [4.78, 5) is 11.4. The fraction of sp³-hybridized carbons (Fsp3) is 0.588. The largest absolute Gasteiger partial charge is 0.466 e. The summed E-state index contributed by atoms with van der Waals surface area (Å²) in [6, 6.07) is 8.09. The molecule has 2 atom stereocenters. The van der Waals surface area contributed by atoms with E-state index in [0.717, 1.165) is 29.6 Å². The summed E-state index contributed by atoms with van der Waals surface area (Å²) in [5.41, 5.74) is 2.14. The van der Waals surface area contributed by atoms with Gasteiger partial charge in [0, 0.05) is 12.2 Å². The lowest BCUT2D eigenvalue weighted by molar-refractivity contribution is -0.142. The van der Waals surface area contributed by atoms with Crippen molar-refractivity contribution in [1.82, 2.24) is 0 Å². The maximum Gasteiger partial charge on any atom is 0.310 e. The molecule has 3 nitrogen and oxygen atoms in total. The summed E-state index contributed by atoms with van der Waals surface area (Å²) in [6.07, 6.45) is 4.43. The molecular formula is C17H25NO2. The van der Waals surface area contributed by atoms with Crippen molar-refractivity contribution in [2.24, 2.45) is 11.8 Å². The molecule has 0 aromatic heterocycles. The topological polar surface area (TPSA) is 38.3 Å². The fourth-order valence-electron chi connectivity index (χ4n) is 2.89. The van der Waals surface area contributed by atoms with Crippen LogP contribution in [0.15, 0.2) is 24.3 Å². The molecule has 0 amide bonds. The van der Waals surface area contributed by atoms with Gasteiger partial charge in [0.25, 0.3) is 0 Å². The minimum Gasteiger partial charge on any atom is -0.466 e. The first-order valence-corrected chi connectivity index (χ1v) is 7.67. The Morgan fingerprint density at radius 2 is 2.05 bits per heavy atom. The second-order valence-electron chi connectivity index (χ2n) is 5.73. The third-order valence-electron chi connectivity index (χ3n) is 4.22. The van der Waals surface area contributed by atoms with Crippen molar-refractivity contribution in [3.63, 3.8) is 0 Å². The van der Waals surface area contributed by atoms with E-state index in [1.165, 1.54) is 19.3 Å². The van der Waals surface area contributed by atoms with Crippen LogP contribution in [-0.4, -0.2) is 19.1 Å². The van der Waals surface area contributed by atoms with E-state index in [-0.39, 0.29) is 5.97 Å². The van der Waals surface area contributed by atoms with Crippen LogP contribution in [0.5, 0.6) is 0 Å². The van der Waals surface area contributed by atoms with Gasteiger partial charge >= 0.3 is 5.97 Å². The van der Waals surface area contributed by atoms with E-state index >= 15 is 0 Å². The molecule has 1 aliphatic rings. The van der Waals surface area contributed by atoms with Crippen LogP contribution < -0.4 is 5.32 Å². The Bertz CT molecular complexity index is 427. The molecule has 1 aromatic rings. The zero-order valence-electron chi connectivity index (χ0n) is 12.5. The van der Waals surface area contributed by atoms with Crippen LogP contribution in [0.4, 0.5) is 5.69 Å². The maximum atomic E-state index is 11.4. The molecule has 3 heteroatoms. The number of anilines is 1. The molecule has 0 saturated heterocycles. The van der Waals surface area contributed by atoms with Crippen LogP contribution in [0.3, 0.4) is 0 Å². The van der Waals surface area contributed by atoms with Crippen molar-refractivity contribution in [3.8, 4) is 0 Å². The monoisotopic (exact) mass is 275 g/mol. The van der Waals surface area contributed by atoms with E-state index in [2.05, 4.69) is 12.2 Å². The molecule has 1 saturated carbocycles. The van der Waals surface area contributed by atoms with Crippen LogP contribution in [0.1, 0.15) is 38.7 Å². The molecule has 2 rings (SSSR count). The third kappa shape index (κ3) is 4.26.